The van der Waals surface area contributed by atoms with Gasteiger partial charge in [0, 0.05) is 12.8 Å². The molecule has 0 unspecified atom stereocenters. The summed E-state index contributed by atoms with van der Waals surface area (Å²) in [5.74, 6) is -0.883. The van der Waals surface area contributed by atoms with Crippen LogP contribution in [0.4, 0.5) is 10.1 Å². The number of ether oxygens (including phenoxy) is 1. The van der Waals surface area contributed by atoms with E-state index in [0.717, 1.165) is 24.1 Å². The Morgan fingerprint density at radius 3 is 2.61 bits per heavy atom. The van der Waals surface area contributed by atoms with E-state index in [-0.39, 0.29) is 28.9 Å². The lowest BCUT2D eigenvalue weighted by atomic mass is 9.96. The Labute approximate surface area is 139 Å². The Bertz CT molecular complexity index is 589. The number of halogens is 2. The quantitative estimate of drug-likeness (QED) is 0.810. The number of hydrogen-bond donors (Lipinski definition) is 2. The van der Waals surface area contributed by atoms with Gasteiger partial charge in [0.15, 0.2) is 6.04 Å². The van der Waals surface area contributed by atoms with Crippen LogP contribution in [0.5, 0.6) is 0 Å². The maximum absolute atomic E-state index is 13.0. The van der Waals surface area contributed by atoms with Gasteiger partial charge in [-0.25, -0.2) is 4.39 Å². The molecule has 126 valence electrons. The summed E-state index contributed by atoms with van der Waals surface area (Å²) in [7, 11) is 1.39. The van der Waals surface area contributed by atoms with Gasteiger partial charge in [0.05, 0.1) is 36.8 Å². The average Bonchev–Trinajstić information content (AvgIpc) is 2.56. The van der Waals surface area contributed by atoms with Gasteiger partial charge in [0.2, 0.25) is 0 Å². The van der Waals surface area contributed by atoms with Crippen molar-refractivity contribution >= 4 is 29.2 Å². The van der Waals surface area contributed by atoms with Crippen molar-refractivity contribution in [2.24, 2.45) is 5.92 Å². The summed E-state index contributed by atoms with van der Waals surface area (Å²) in [6.45, 7) is 3.29. The monoisotopic (exact) mass is 343 g/mol. The van der Waals surface area contributed by atoms with E-state index in [9.17, 15) is 14.0 Å². The number of carbonyl (C=O) groups excluding carboxylic acids is 2. The molecule has 1 aromatic carbocycles. The van der Waals surface area contributed by atoms with Gasteiger partial charge in [-0.2, -0.15) is 0 Å². The second kappa shape index (κ2) is 7.75. The molecule has 0 aromatic heterocycles. The number of nitrogens with one attached hydrogen (secondary N) is 2. The number of carbonyl (C=O) groups is 2. The Balaban J connectivity index is 1.92. The molecular weight excluding hydrogens is 323 g/mol. The van der Waals surface area contributed by atoms with Crippen LogP contribution in [0.15, 0.2) is 18.2 Å². The summed E-state index contributed by atoms with van der Waals surface area (Å²) in [5, 5.41) is 2.90. The van der Waals surface area contributed by atoms with Crippen LogP contribution in [0.2, 0.25) is 5.02 Å². The minimum Gasteiger partial charge on any atom is -0.469 e. The van der Waals surface area contributed by atoms with E-state index in [4.69, 9.17) is 16.3 Å². The van der Waals surface area contributed by atoms with Gasteiger partial charge in [0.25, 0.3) is 5.91 Å². The normalized spacial score (nSPS) is 22.3. The van der Waals surface area contributed by atoms with Gasteiger partial charge in [-0.1, -0.05) is 11.6 Å². The summed E-state index contributed by atoms with van der Waals surface area (Å²) < 4.78 is 17.8. The van der Waals surface area contributed by atoms with Gasteiger partial charge in [-0.05, 0) is 25.1 Å². The highest BCUT2D eigenvalue weighted by Gasteiger charge is 2.33. The molecule has 2 N–H and O–H groups in total. The number of methoxy groups -OCH3 is 1. The molecule has 5 nitrogen and oxygen atoms in total. The fourth-order valence-corrected chi connectivity index (χ4v) is 3.06. The molecule has 0 spiro atoms. The third-order valence-electron chi connectivity index (χ3n) is 4.36. The first-order valence-corrected chi connectivity index (χ1v) is 7.98. The molecule has 0 aliphatic carbocycles. The average molecular weight is 344 g/mol. The summed E-state index contributed by atoms with van der Waals surface area (Å²) in [5.41, 5.74) is 0.397. The van der Waals surface area contributed by atoms with Crippen LogP contribution in [0.3, 0.4) is 0 Å². The highest BCUT2D eigenvalue weighted by Crippen LogP contribution is 2.22. The molecule has 7 heteroatoms. The van der Waals surface area contributed by atoms with Crippen LogP contribution >= 0.6 is 11.6 Å². The zero-order valence-electron chi connectivity index (χ0n) is 13.2. The Kier molecular flexibility index (Phi) is 5.96. The minimum atomic E-state index is -0.448. The lowest BCUT2D eigenvalue weighted by Crippen LogP contribution is -3.17. The number of piperidine rings is 1. The predicted molar refractivity (Wildman–Crippen MR) is 84.9 cm³/mol. The van der Waals surface area contributed by atoms with Crippen LogP contribution in [-0.2, 0) is 14.3 Å². The van der Waals surface area contributed by atoms with Crippen molar-refractivity contribution in [3.8, 4) is 0 Å². The molecule has 0 saturated carbocycles. The Hall–Kier alpha value is -1.66. The van der Waals surface area contributed by atoms with E-state index in [1.54, 1.807) is 0 Å². The highest BCUT2D eigenvalue weighted by atomic mass is 35.5. The number of esters is 1. The predicted octanol–water partition coefficient (Wildman–Crippen LogP) is 1.27. The number of rotatable bonds is 4. The van der Waals surface area contributed by atoms with Gasteiger partial charge in [-0.15, -0.1) is 0 Å². The standard InChI is InChI=1S/C16H20ClFN2O3/c1-10(20-7-5-11(6-8-20)16(22)23-2)15(21)19-14-4-3-12(18)9-13(14)17/h3-4,9-11H,5-8H2,1-2H3,(H,19,21)/p+1/t10-/m1/s1. The topological polar surface area (TPSA) is 59.8 Å². The van der Waals surface area contributed by atoms with E-state index in [1.807, 2.05) is 6.92 Å². The van der Waals surface area contributed by atoms with E-state index in [1.165, 1.54) is 19.2 Å². The molecule has 1 saturated heterocycles. The smallest absolute Gasteiger partial charge is 0.309 e. The summed E-state index contributed by atoms with van der Waals surface area (Å²) in [4.78, 5) is 25.0. The molecular formula is C16H21ClFN2O3+. The van der Waals surface area contributed by atoms with Crippen LogP contribution in [-0.4, -0.2) is 38.1 Å². The first-order chi connectivity index (χ1) is 10.9. The molecule has 2 rings (SSSR count). The van der Waals surface area contributed by atoms with Gasteiger partial charge >= 0.3 is 5.97 Å². The van der Waals surface area contributed by atoms with Crippen molar-refractivity contribution in [3.63, 3.8) is 0 Å². The first kappa shape index (κ1) is 17.7. The van der Waals surface area contributed by atoms with Gasteiger partial charge in [-0.3, -0.25) is 9.59 Å². The van der Waals surface area contributed by atoms with Crippen molar-refractivity contribution in [1.29, 1.82) is 0 Å². The highest BCUT2D eigenvalue weighted by molar-refractivity contribution is 6.33. The number of quaternary nitrogens is 1. The zero-order chi connectivity index (χ0) is 17.0. The molecule has 0 bridgehead atoms. The van der Waals surface area contributed by atoms with Crippen LogP contribution in [0.25, 0.3) is 0 Å². The second-order valence-corrected chi connectivity index (χ2v) is 6.20. The van der Waals surface area contributed by atoms with Crippen LogP contribution in [0.1, 0.15) is 19.8 Å². The number of amides is 1. The third kappa shape index (κ3) is 4.42. The summed E-state index contributed by atoms with van der Waals surface area (Å²) >= 11 is 5.92. The molecule has 0 radical (unpaired) electrons. The number of likely N-dealkylation sites (tertiary alicyclic amines) is 1. The SMILES string of the molecule is COC(=O)C1CC[NH+]([C@H](C)C(=O)Nc2ccc(F)cc2Cl)CC1. The minimum absolute atomic E-state index is 0.0782. The van der Waals surface area contributed by atoms with Crippen molar-refractivity contribution in [2.75, 3.05) is 25.5 Å². The molecule has 1 amide bonds. The largest absolute Gasteiger partial charge is 0.469 e. The van der Waals surface area contributed by atoms with Crippen molar-refractivity contribution in [1.82, 2.24) is 0 Å². The van der Waals surface area contributed by atoms with E-state index in [2.05, 4.69) is 5.32 Å². The van der Waals surface area contributed by atoms with E-state index in [0.29, 0.717) is 18.5 Å². The van der Waals surface area contributed by atoms with Gasteiger partial charge < -0.3 is 15.0 Å². The molecule has 1 aromatic rings. The van der Waals surface area contributed by atoms with E-state index < -0.39 is 5.82 Å². The second-order valence-electron chi connectivity index (χ2n) is 5.79. The van der Waals surface area contributed by atoms with Crippen LogP contribution < -0.4 is 10.2 Å². The molecule has 1 fully saturated rings. The molecule has 1 aliphatic rings. The van der Waals surface area contributed by atoms with Crippen LogP contribution in [0, 0.1) is 11.7 Å². The Morgan fingerprint density at radius 1 is 1.39 bits per heavy atom. The lowest BCUT2D eigenvalue weighted by molar-refractivity contribution is -0.919. The lowest BCUT2D eigenvalue weighted by Gasteiger charge is -2.31. The van der Waals surface area contributed by atoms with Crippen molar-refractivity contribution < 1.29 is 23.6 Å². The maximum Gasteiger partial charge on any atom is 0.309 e. The third-order valence-corrected chi connectivity index (χ3v) is 4.67. The molecule has 23 heavy (non-hydrogen) atoms. The van der Waals surface area contributed by atoms with Crippen molar-refractivity contribution in [2.45, 2.75) is 25.8 Å². The van der Waals surface area contributed by atoms with E-state index >= 15 is 0 Å². The fourth-order valence-electron chi connectivity index (χ4n) is 2.84. The van der Waals surface area contributed by atoms with Crippen molar-refractivity contribution in [3.05, 3.63) is 29.0 Å². The number of benzene rings is 1. The molecule has 1 aliphatic heterocycles. The molecule has 1 heterocycles. The summed E-state index contributed by atoms with van der Waals surface area (Å²) in [6, 6.07) is 3.58. The van der Waals surface area contributed by atoms with Gasteiger partial charge in [0.1, 0.15) is 5.82 Å². The first-order valence-electron chi connectivity index (χ1n) is 7.60. The Morgan fingerprint density at radius 2 is 2.04 bits per heavy atom. The maximum atomic E-state index is 13.0. The summed E-state index contributed by atoms with van der Waals surface area (Å²) in [6.07, 6.45) is 1.41. The fraction of sp³-hybridized carbons (Fsp3) is 0.500. The zero-order valence-corrected chi connectivity index (χ0v) is 14.0. The number of hydrogen-bond acceptors (Lipinski definition) is 3. The molecule has 1 atom stereocenters. The number of anilines is 1.